The average molecular weight is 552 g/mol. The number of hydrogen-bond donors (Lipinski definition) is 2. The molecule has 1 atom stereocenters. The second-order valence-electron chi connectivity index (χ2n) is 7.88. The number of hydrogen-bond acceptors (Lipinski definition) is 5. The fourth-order valence-corrected chi connectivity index (χ4v) is 4.14. The molecule has 37 heavy (non-hydrogen) atoms. The molecule has 13 heteroatoms. The van der Waals surface area contributed by atoms with Gasteiger partial charge >= 0.3 is 6.18 Å². The monoisotopic (exact) mass is 551 g/mol. The van der Waals surface area contributed by atoms with Crippen molar-refractivity contribution in [2.45, 2.75) is 25.6 Å². The van der Waals surface area contributed by atoms with Gasteiger partial charge in [0, 0.05) is 16.6 Å². The summed E-state index contributed by atoms with van der Waals surface area (Å²) >= 11 is 7.14. The van der Waals surface area contributed by atoms with Crippen LogP contribution in [0.25, 0.3) is 5.69 Å². The van der Waals surface area contributed by atoms with Crippen LogP contribution in [0.3, 0.4) is 0 Å². The summed E-state index contributed by atoms with van der Waals surface area (Å²) < 4.78 is 55.6. The highest BCUT2D eigenvalue weighted by atomic mass is 35.5. The minimum absolute atomic E-state index is 0.0653. The zero-order valence-electron chi connectivity index (χ0n) is 19.0. The van der Waals surface area contributed by atoms with E-state index in [0.717, 1.165) is 16.8 Å². The normalized spacial score (nSPS) is 12.3. The van der Waals surface area contributed by atoms with Gasteiger partial charge in [0.2, 0.25) is 5.91 Å². The van der Waals surface area contributed by atoms with Crippen molar-refractivity contribution in [3.8, 4) is 5.69 Å². The van der Waals surface area contributed by atoms with Crippen molar-refractivity contribution in [1.29, 1.82) is 0 Å². The third kappa shape index (κ3) is 6.15. The lowest BCUT2D eigenvalue weighted by Crippen LogP contribution is -2.28. The zero-order valence-corrected chi connectivity index (χ0v) is 20.6. The minimum Gasteiger partial charge on any atom is -0.350 e. The van der Waals surface area contributed by atoms with Gasteiger partial charge in [-0.3, -0.25) is 14.9 Å². The Morgan fingerprint density at radius 1 is 1.16 bits per heavy atom. The summed E-state index contributed by atoms with van der Waals surface area (Å²) in [5.74, 6) is -2.95. The third-order valence-corrected chi connectivity index (χ3v) is 6.28. The van der Waals surface area contributed by atoms with E-state index in [1.54, 1.807) is 17.5 Å². The van der Waals surface area contributed by atoms with Gasteiger partial charge < -0.3 is 5.32 Å². The predicted molar refractivity (Wildman–Crippen MR) is 130 cm³/mol. The average Bonchev–Trinajstić information content (AvgIpc) is 3.51. The number of nitrogens with zero attached hydrogens (tertiary/aromatic N) is 3. The Morgan fingerprint density at radius 2 is 1.95 bits per heavy atom. The van der Waals surface area contributed by atoms with Gasteiger partial charge in [0.25, 0.3) is 5.91 Å². The minimum atomic E-state index is -4.69. The number of thiazole rings is 1. The number of halogens is 5. The Balaban J connectivity index is 1.49. The van der Waals surface area contributed by atoms with E-state index in [4.69, 9.17) is 11.6 Å². The number of benzene rings is 2. The molecule has 0 aliphatic heterocycles. The van der Waals surface area contributed by atoms with Crippen molar-refractivity contribution in [2.24, 2.45) is 0 Å². The summed E-state index contributed by atoms with van der Waals surface area (Å²) in [6, 6.07) is 10.7. The molecular formula is C24H18ClF4N5O2S. The first-order valence-corrected chi connectivity index (χ1v) is 12.0. The van der Waals surface area contributed by atoms with Gasteiger partial charge in [0.05, 0.1) is 29.4 Å². The van der Waals surface area contributed by atoms with Gasteiger partial charge in [-0.2, -0.15) is 18.3 Å². The molecular weight excluding hydrogens is 534 g/mol. The van der Waals surface area contributed by atoms with Crippen molar-refractivity contribution >= 4 is 39.9 Å². The highest BCUT2D eigenvalue weighted by Crippen LogP contribution is 2.30. The van der Waals surface area contributed by atoms with E-state index in [9.17, 15) is 27.2 Å². The van der Waals surface area contributed by atoms with Crippen LogP contribution in [0.2, 0.25) is 5.02 Å². The lowest BCUT2D eigenvalue weighted by molar-refractivity contribution is -0.141. The molecule has 0 saturated heterocycles. The van der Waals surface area contributed by atoms with Crippen molar-refractivity contribution < 1.29 is 27.2 Å². The van der Waals surface area contributed by atoms with Crippen LogP contribution in [0.1, 0.15) is 40.2 Å². The quantitative estimate of drug-likeness (QED) is 0.284. The lowest BCUT2D eigenvalue weighted by Gasteiger charge is -2.14. The third-order valence-electron chi connectivity index (χ3n) is 5.35. The Hall–Kier alpha value is -3.77. The first kappa shape index (κ1) is 26.3. The van der Waals surface area contributed by atoms with Crippen LogP contribution in [0, 0.1) is 5.82 Å². The molecule has 0 radical (unpaired) electrons. The molecule has 4 rings (SSSR count). The molecule has 7 nitrogen and oxygen atoms in total. The van der Waals surface area contributed by atoms with E-state index in [2.05, 4.69) is 20.7 Å². The summed E-state index contributed by atoms with van der Waals surface area (Å²) in [6.07, 6.45) is -3.20. The Morgan fingerprint density at radius 3 is 2.59 bits per heavy atom. The van der Waals surface area contributed by atoms with Crippen LogP contribution in [0.4, 0.5) is 22.7 Å². The van der Waals surface area contributed by atoms with E-state index in [0.29, 0.717) is 10.2 Å². The zero-order chi connectivity index (χ0) is 26.7. The van der Waals surface area contributed by atoms with Crippen molar-refractivity contribution in [3.63, 3.8) is 0 Å². The maximum Gasteiger partial charge on any atom is 0.435 e. The van der Waals surface area contributed by atoms with E-state index >= 15 is 0 Å². The van der Waals surface area contributed by atoms with Crippen LogP contribution in [0.5, 0.6) is 0 Å². The Kier molecular flexibility index (Phi) is 7.60. The SMILES string of the molecule is CC(C(=O)NCc1cc(C(F)(F)F)nn1-c1cccc(Cl)c1)c1ccc(C(=O)Nc2nccs2)c(F)c1. The largest absolute Gasteiger partial charge is 0.435 e. The van der Waals surface area contributed by atoms with Gasteiger partial charge in [-0.1, -0.05) is 23.7 Å². The molecule has 0 aliphatic rings. The van der Waals surface area contributed by atoms with E-state index in [1.165, 1.54) is 48.7 Å². The number of alkyl halides is 3. The number of carbonyl (C=O) groups is 2. The molecule has 0 aliphatic carbocycles. The molecule has 2 heterocycles. The van der Waals surface area contributed by atoms with Gasteiger partial charge in [0.15, 0.2) is 10.8 Å². The number of nitrogens with one attached hydrogen (secondary N) is 2. The summed E-state index contributed by atoms with van der Waals surface area (Å²) in [6.45, 7) is 1.23. The fourth-order valence-electron chi connectivity index (χ4n) is 3.43. The summed E-state index contributed by atoms with van der Waals surface area (Å²) in [5, 5.41) is 10.9. The van der Waals surface area contributed by atoms with Crippen LogP contribution in [0.15, 0.2) is 60.1 Å². The number of anilines is 1. The number of amides is 2. The van der Waals surface area contributed by atoms with Crippen LogP contribution >= 0.6 is 22.9 Å². The molecule has 0 spiro atoms. The van der Waals surface area contributed by atoms with Crippen molar-refractivity contribution in [1.82, 2.24) is 20.1 Å². The standard InChI is InChI=1S/C24H18ClF4N5O2S/c1-13(14-5-6-18(19(26)9-14)22(36)32-23-30-7-8-37-23)21(35)31-12-17-11-20(24(27,28)29)33-34(17)16-4-2-3-15(25)10-16/h2-11,13H,12H2,1H3,(H,31,35)(H,30,32,36). The van der Waals surface area contributed by atoms with Crippen molar-refractivity contribution in [2.75, 3.05) is 5.32 Å². The van der Waals surface area contributed by atoms with Gasteiger partial charge in [-0.25, -0.2) is 14.1 Å². The van der Waals surface area contributed by atoms with Crippen molar-refractivity contribution in [3.05, 3.63) is 93.5 Å². The molecule has 192 valence electrons. The molecule has 1 unspecified atom stereocenters. The number of aromatic nitrogens is 3. The van der Waals surface area contributed by atoms with Crippen LogP contribution in [-0.4, -0.2) is 26.6 Å². The first-order valence-electron chi connectivity index (χ1n) is 10.7. The van der Waals surface area contributed by atoms with E-state index < -0.39 is 35.4 Å². The van der Waals surface area contributed by atoms with E-state index in [-0.39, 0.29) is 29.1 Å². The molecule has 0 bridgehead atoms. The molecule has 2 aromatic heterocycles. The van der Waals surface area contributed by atoms with Gasteiger partial charge in [-0.15, -0.1) is 11.3 Å². The Bertz CT molecular complexity index is 1440. The predicted octanol–water partition coefficient (Wildman–Crippen LogP) is 5.81. The molecule has 2 amide bonds. The molecule has 2 aromatic carbocycles. The molecule has 0 saturated carbocycles. The Labute approximate surface area is 217 Å². The second kappa shape index (κ2) is 10.7. The lowest BCUT2D eigenvalue weighted by atomic mass is 9.98. The second-order valence-corrected chi connectivity index (χ2v) is 9.21. The molecule has 0 fully saturated rings. The highest BCUT2D eigenvalue weighted by Gasteiger charge is 2.35. The summed E-state index contributed by atoms with van der Waals surface area (Å²) in [7, 11) is 0. The van der Waals surface area contributed by atoms with Gasteiger partial charge in [-0.05, 0) is 48.9 Å². The van der Waals surface area contributed by atoms with E-state index in [1.807, 2.05) is 0 Å². The smallest absolute Gasteiger partial charge is 0.350 e. The highest BCUT2D eigenvalue weighted by molar-refractivity contribution is 7.13. The molecule has 4 aromatic rings. The maximum absolute atomic E-state index is 14.7. The fraction of sp³-hybridized carbons (Fsp3) is 0.167. The van der Waals surface area contributed by atoms with Crippen LogP contribution < -0.4 is 10.6 Å². The summed E-state index contributed by atoms with van der Waals surface area (Å²) in [5.41, 5.74) is -0.722. The maximum atomic E-state index is 14.7. The molecule has 2 N–H and O–H groups in total. The topological polar surface area (TPSA) is 88.9 Å². The number of carbonyl (C=O) groups excluding carboxylic acids is 2. The van der Waals surface area contributed by atoms with Crippen LogP contribution in [-0.2, 0) is 17.5 Å². The summed E-state index contributed by atoms with van der Waals surface area (Å²) in [4.78, 5) is 29.0. The first-order chi connectivity index (χ1) is 17.5. The number of rotatable bonds is 7. The van der Waals surface area contributed by atoms with Gasteiger partial charge in [0.1, 0.15) is 5.82 Å².